The van der Waals surface area contributed by atoms with Gasteiger partial charge >= 0.3 is 25.7 Å². The minimum absolute atomic E-state index is 0.304. The van der Waals surface area contributed by atoms with E-state index in [1.165, 1.54) is 0 Å². The number of nitrogens with two attached hydrogens (primary N) is 1. The molecule has 0 fully saturated rings. The Morgan fingerprint density at radius 1 is 0.718 bits per heavy atom. The average Bonchev–Trinajstić information content (AvgIpc) is 2.72. The molecule has 0 aromatic carbocycles. The summed E-state index contributed by atoms with van der Waals surface area (Å²) in [6, 6.07) is 1.69. The second kappa shape index (κ2) is 18.9. The van der Waals surface area contributed by atoms with Gasteiger partial charge in [-0.3, -0.25) is 0 Å². The lowest BCUT2D eigenvalue weighted by molar-refractivity contribution is 0.0496. The number of aliphatic hydroxyl groups is 1. The van der Waals surface area contributed by atoms with Crippen LogP contribution in [-0.4, -0.2) is 113 Å². The van der Waals surface area contributed by atoms with E-state index in [-0.39, 0.29) is 0 Å². The molecule has 0 saturated carbocycles. The van der Waals surface area contributed by atoms with Gasteiger partial charge in [-0.25, -0.2) is 0 Å². The maximum atomic E-state index is 9.93. The van der Waals surface area contributed by atoms with Crippen LogP contribution in [0, 0.1) is 0 Å². The van der Waals surface area contributed by atoms with E-state index >= 15 is 0 Å². The van der Waals surface area contributed by atoms with Gasteiger partial charge in [-0.15, -0.1) is 6.58 Å². The molecule has 0 radical (unpaired) electrons. The Morgan fingerprint density at radius 2 is 1.18 bits per heavy atom. The number of hydrogen-bond donors (Lipinski definition) is 5. The van der Waals surface area contributed by atoms with Crippen molar-refractivity contribution in [3.8, 4) is 0 Å². The standard InChI is InChI=1S/C24H62N4O6Si5/c1-12-19-30-23-24(29)22-28-16-15-27-18-21-39(11,32-36(5,6)7)34-37(8,9)33-38(10,31-35(2,3)4)20-17-26-14-13-25/h12,24,26-29H,1,13-23,25H2,2-11H3. The summed E-state index contributed by atoms with van der Waals surface area (Å²) in [5, 5.41) is 20.1. The van der Waals surface area contributed by atoms with Gasteiger partial charge in [0.2, 0.25) is 0 Å². The largest absolute Gasteiger partial charge is 0.437 e. The summed E-state index contributed by atoms with van der Waals surface area (Å²) in [4.78, 5) is 0. The molecule has 3 atom stereocenters. The first kappa shape index (κ1) is 39.4. The lowest BCUT2D eigenvalue weighted by Crippen LogP contribution is -2.60. The van der Waals surface area contributed by atoms with E-state index in [4.69, 9.17) is 26.9 Å². The molecular weight excluding hydrogens is 581 g/mol. The summed E-state index contributed by atoms with van der Waals surface area (Å²) in [5.74, 6) is 0. The Morgan fingerprint density at radius 3 is 1.62 bits per heavy atom. The van der Waals surface area contributed by atoms with Crippen LogP contribution in [0.5, 0.6) is 0 Å². The second-order valence-corrected chi connectivity index (χ2v) is 32.8. The lowest BCUT2D eigenvalue weighted by atomic mass is 10.4. The van der Waals surface area contributed by atoms with Crippen molar-refractivity contribution in [3.05, 3.63) is 12.7 Å². The third-order valence-electron chi connectivity index (χ3n) is 5.20. The van der Waals surface area contributed by atoms with E-state index in [1.54, 1.807) is 6.08 Å². The molecule has 0 aliphatic carbocycles. The minimum Gasteiger partial charge on any atom is -0.437 e. The molecule has 0 rings (SSSR count). The zero-order chi connectivity index (χ0) is 30.2. The molecule has 6 N–H and O–H groups in total. The summed E-state index contributed by atoms with van der Waals surface area (Å²) in [6.45, 7) is 31.4. The molecule has 0 amide bonds. The van der Waals surface area contributed by atoms with Crippen molar-refractivity contribution in [1.82, 2.24) is 16.0 Å². The highest BCUT2D eigenvalue weighted by Gasteiger charge is 2.47. The number of hydrogen-bond acceptors (Lipinski definition) is 10. The predicted molar refractivity (Wildman–Crippen MR) is 176 cm³/mol. The molecule has 15 heteroatoms. The van der Waals surface area contributed by atoms with Crippen LogP contribution in [0.2, 0.25) is 77.6 Å². The van der Waals surface area contributed by atoms with E-state index in [2.05, 4.69) is 88.0 Å². The topological polar surface area (TPSA) is 128 Å². The van der Waals surface area contributed by atoms with Crippen molar-refractivity contribution in [2.24, 2.45) is 5.73 Å². The van der Waals surface area contributed by atoms with Crippen LogP contribution in [0.3, 0.4) is 0 Å². The summed E-state index contributed by atoms with van der Waals surface area (Å²) < 4.78 is 32.6. The highest BCUT2D eigenvalue weighted by Crippen LogP contribution is 2.29. The molecule has 10 nitrogen and oxygen atoms in total. The highest BCUT2D eigenvalue weighted by atomic mass is 28.5. The molecule has 0 spiro atoms. The van der Waals surface area contributed by atoms with Gasteiger partial charge in [0.1, 0.15) is 0 Å². The third kappa shape index (κ3) is 22.7. The molecule has 0 heterocycles. The first-order valence-corrected chi connectivity index (χ1v) is 29.0. The maximum absolute atomic E-state index is 9.93. The van der Waals surface area contributed by atoms with Crippen LogP contribution in [-0.2, 0) is 21.2 Å². The van der Waals surface area contributed by atoms with Crippen molar-refractivity contribution < 1.29 is 26.3 Å². The van der Waals surface area contributed by atoms with Crippen LogP contribution >= 0.6 is 0 Å². The Hall–Kier alpha value is 0.424. The molecule has 0 saturated heterocycles. The zero-order valence-electron chi connectivity index (χ0n) is 26.7. The molecule has 3 unspecified atom stereocenters. The van der Waals surface area contributed by atoms with E-state index in [0.717, 1.165) is 44.8 Å². The summed E-state index contributed by atoms with van der Waals surface area (Å²) in [7, 11) is -11.2. The second-order valence-electron chi connectivity index (χ2n) is 12.8. The Bertz CT molecular complexity index is 672. The van der Waals surface area contributed by atoms with E-state index in [9.17, 15) is 5.11 Å². The van der Waals surface area contributed by atoms with E-state index < -0.39 is 48.4 Å². The van der Waals surface area contributed by atoms with Gasteiger partial charge in [0.25, 0.3) is 0 Å². The van der Waals surface area contributed by atoms with Gasteiger partial charge in [0.15, 0.2) is 16.6 Å². The van der Waals surface area contributed by atoms with Gasteiger partial charge < -0.3 is 48.0 Å². The Labute approximate surface area is 245 Å². The predicted octanol–water partition coefficient (Wildman–Crippen LogP) is 2.86. The normalized spacial score (nSPS) is 17.0. The molecule has 39 heavy (non-hydrogen) atoms. The Kier molecular flexibility index (Phi) is 19.1. The van der Waals surface area contributed by atoms with E-state index in [1.807, 2.05) is 0 Å². The maximum Gasteiger partial charge on any atom is 0.317 e. The van der Waals surface area contributed by atoms with Crippen molar-refractivity contribution in [3.63, 3.8) is 0 Å². The summed E-state index contributed by atoms with van der Waals surface area (Å²) in [6.07, 6.45) is 1.15. The number of rotatable bonds is 25. The van der Waals surface area contributed by atoms with Crippen LogP contribution in [0.15, 0.2) is 12.7 Å². The minimum atomic E-state index is -2.57. The molecule has 0 aliphatic rings. The molecule has 234 valence electrons. The van der Waals surface area contributed by atoms with Gasteiger partial charge in [-0.2, -0.15) is 0 Å². The fraction of sp³-hybridized carbons (Fsp3) is 0.917. The van der Waals surface area contributed by atoms with Gasteiger partial charge in [0.05, 0.1) is 19.3 Å². The fourth-order valence-corrected chi connectivity index (χ4v) is 27.6. The average molecular weight is 643 g/mol. The monoisotopic (exact) mass is 642 g/mol. The summed E-state index contributed by atoms with van der Waals surface area (Å²) in [5.41, 5.74) is 5.66. The van der Waals surface area contributed by atoms with Crippen molar-refractivity contribution in [2.75, 3.05) is 59.0 Å². The van der Waals surface area contributed by atoms with Crippen LogP contribution < -0.4 is 21.7 Å². The fourth-order valence-electron chi connectivity index (χ4n) is 4.38. The van der Waals surface area contributed by atoms with Crippen LogP contribution in [0.25, 0.3) is 0 Å². The third-order valence-corrected chi connectivity index (χ3v) is 23.3. The first-order valence-electron chi connectivity index (χ1n) is 14.3. The van der Waals surface area contributed by atoms with Crippen LogP contribution in [0.1, 0.15) is 0 Å². The zero-order valence-corrected chi connectivity index (χ0v) is 31.7. The Balaban J connectivity index is 5.07. The summed E-state index contributed by atoms with van der Waals surface area (Å²) >= 11 is 0. The van der Waals surface area contributed by atoms with Gasteiger partial charge in [-0.05, 0) is 78.6 Å². The van der Waals surface area contributed by atoms with Crippen LogP contribution in [0.4, 0.5) is 0 Å². The van der Waals surface area contributed by atoms with Gasteiger partial charge in [0, 0.05) is 44.8 Å². The quantitative estimate of drug-likeness (QED) is 0.0576. The smallest absolute Gasteiger partial charge is 0.317 e. The SMILES string of the molecule is C=CCOCC(O)CNCCNCC[Si](C)(O[Si](C)(C)C)O[Si](C)(C)O[Si](C)(CCNCCN)O[Si](C)(C)C. The number of nitrogens with one attached hydrogen (secondary N) is 3. The van der Waals surface area contributed by atoms with Crippen molar-refractivity contribution in [1.29, 1.82) is 0 Å². The van der Waals surface area contributed by atoms with E-state index in [0.29, 0.717) is 26.3 Å². The first-order chi connectivity index (χ1) is 17.8. The van der Waals surface area contributed by atoms with Crippen molar-refractivity contribution in [2.45, 2.75) is 83.7 Å². The molecule has 0 aliphatic heterocycles. The number of ether oxygens (including phenoxy) is 1. The molecule has 0 aromatic rings. The van der Waals surface area contributed by atoms with Gasteiger partial charge in [-0.1, -0.05) is 6.08 Å². The number of aliphatic hydroxyl groups excluding tert-OH is 1. The van der Waals surface area contributed by atoms with Crippen molar-refractivity contribution >= 4 is 42.3 Å². The lowest BCUT2D eigenvalue weighted by Gasteiger charge is -2.43. The molecule has 0 bridgehead atoms. The highest BCUT2D eigenvalue weighted by molar-refractivity contribution is 6.90. The molecule has 0 aromatic heterocycles. The molecular formula is C24H62N4O6Si5.